The molecule has 0 saturated carbocycles. The van der Waals surface area contributed by atoms with Crippen molar-refractivity contribution in [2.24, 2.45) is 20.5 Å². The number of nitrogens with zero attached hydrogens (tertiary/aromatic N) is 11. The number of benzene rings is 4. The van der Waals surface area contributed by atoms with E-state index in [0.29, 0.717) is 72.8 Å². The van der Waals surface area contributed by atoms with Crippen molar-refractivity contribution in [3.8, 4) is 23.0 Å². The summed E-state index contributed by atoms with van der Waals surface area (Å²) in [5.74, 6) is 4.12. The first kappa shape index (κ1) is 56.8. The molecule has 3 heterocycles. The van der Waals surface area contributed by atoms with Crippen LogP contribution in [0.4, 0.5) is 56.0 Å². The molecule has 28 heteroatoms. The lowest BCUT2D eigenvalue weighted by Gasteiger charge is -2.25. The summed E-state index contributed by atoms with van der Waals surface area (Å²) in [6, 6.07) is 19.1. The van der Waals surface area contributed by atoms with Gasteiger partial charge in [-0.25, -0.2) is 0 Å². The molecule has 7 rings (SSSR count). The van der Waals surface area contributed by atoms with Crippen molar-refractivity contribution >= 4 is 134 Å². The summed E-state index contributed by atoms with van der Waals surface area (Å²) < 4.78 is 82.7. The van der Waals surface area contributed by atoms with Crippen LogP contribution in [0, 0.1) is 0 Å². The van der Waals surface area contributed by atoms with Gasteiger partial charge in [-0.1, -0.05) is 25.1 Å². The molecule has 4 aromatic carbocycles. The summed E-state index contributed by atoms with van der Waals surface area (Å²) in [5, 5.41) is 29.4. The number of rotatable bonds is 22. The zero-order valence-electron chi connectivity index (χ0n) is 41.3. The van der Waals surface area contributed by atoms with Crippen LogP contribution in [-0.4, -0.2) is 109 Å². The summed E-state index contributed by atoms with van der Waals surface area (Å²) in [6.45, 7) is 13.6. The van der Waals surface area contributed by atoms with Crippen LogP contribution in [0.1, 0.15) is 47.5 Å². The normalized spacial score (nSPS) is 10.9. The highest BCUT2D eigenvalue weighted by Crippen LogP contribution is 2.44. The minimum Gasteiger partial charge on any atom is -0.497 e. The van der Waals surface area contributed by atoms with Crippen LogP contribution in [0.5, 0.6) is 23.0 Å². The van der Waals surface area contributed by atoms with E-state index in [4.69, 9.17) is 79.6 Å². The zero-order chi connectivity index (χ0) is 53.0. The number of nitrogens with one attached hydrogen (secondary N) is 2. The van der Waals surface area contributed by atoms with E-state index < -0.39 is 21.2 Å². The molecule has 0 bridgehead atoms. The van der Waals surface area contributed by atoms with Gasteiger partial charge in [0.2, 0.25) is 11.9 Å². The second-order valence-electron chi connectivity index (χ2n) is 14.7. The van der Waals surface area contributed by atoms with Crippen LogP contribution >= 0.6 is 34.8 Å². The molecule has 0 fully saturated rings. The Morgan fingerprint density at radius 2 is 0.973 bits per heavy atom. The van der Waals surface area contributed by atoms with E-state index in [9.17, 15) is 0 Å². The van der Waals surface area contributed by atoms with Crippen LogP contribution in [-0.2, 0) is 21.2 Å². The van der Waals surface area contributed by atoms with E-state index in [1.165, 1.54) is 23.1 Å². The van der Waals surface area contributed by atoms with Crippen molar-refractivity contribution in [1.82, 2.24) is 23.7 Å². The Morgan fingerprint density at radius 3 is 1.33 bits per heavy atom. The third-order valence-electron chi connectivity index (χ3n) is 10.5. The summed E-state index contributed by atoms with van der Waals surface area (Å²) in [4.78, 5) is 19.2. The lowest BCUT2D eigenvalue weighted by Crippen LogP contribution is -2.22. The maximum absolute atomic E-state index is 8.44. The standard InChI is InChI=1S/C45H53N13O4S3.2O3S/c1-10-15-20-63-45-49-43(46-33-23-37(57(11-2)12-3)39(61-8)25-35(33)51-53-41-29-21-27(59-6)16-18-31(29)55-64-41)48-44(50-45)47-34-24-38(58(13-4)14-5)40(62-9)26-36(34)52-54-42-30-22-28(60-7)17-19-32(30)56-65-42;2*1-4(2)3/h16-19,21-26H,10-15,20H2,1-9H3,(H2,46,47,48,49,50);;. The maximum atomic E-state index is 8.44. The molecule has 0 radical (unpaired) electrons. The first-order valence-electron chi connectivity index (χ1n) is 22.3. The van der Waals surface area contributed by atoms with Gasteiger partial charge in [-0.15, -0.1) is 45.7 Å². The van der Waals surface area contributed by atoms with Crippen LogP contribution in [0.15, 0.2) is 86.3 Å². The van der Waals surface area contributed by atoms with E-state index in [-0.39, 0.29) is 0 Å². The predicted octanol–water partition coefficient (Wildman–Crippen LogP) is 11.0. The minimum absolute atomic E-state index is 0.298. The van der Waals surface area contributed by atoms with Gasteiger partial charge in [0.25, 0.3) is 0 Å². The molecule has 0 spiro atoms. The van der Waals surface area contributed by atoms with Crippen LogP contribution in [0.3, 0.4) is 0 Å². The number of aromatic nitrogens is 5. The van der Waals surface area contributed by atoms with Gasteiger partial charge in [0, 0.05) is 54.8 Å². The third kappa shape index (κ3) is 15.7. The molecular weight excluding hydrogens is 1040 g/mol. The van der Waals surface area contributed by atoms with Gasteiger partial charge in [0.1, 0.15) is 34.4 Å². The number of ether oxygens (including phenoxy) is 4. The Balaban J connectivity index is 0.00000115. The number of azo groups is 2. The molecule has 0 aliphatic carbocycles. The lowest BCUT2D eigenvalue weighted by atomic mass is 10.2. The fourth-order valence-corrected chi connectivity index (χ4v) is 9.21. The number of anilines is 6. The molecular formula is C45H53N13O10S5. The number of methoxy groups -OCH3 is 4. The minimum atomic E-state index is -3.11. The van der Waals surface area contributed by atoms with Gasteiger partial charge >= 0.3 is 21.2 Å². The SMILES string of the molecule is CCCCSc1nc(Nc2cc(N(CC)CC)c(OC)cc2N=Nc2snc3ccc(OC)cc23)nc(Nc2cc(N(CC)CC)c(OC)cc2N=Nc2snc3ccc(OC)cc23)n1.O=S(=O)=O.O=S(=O)=O. The molecule has 0 atom stereocenters. The van der Waals surface area contributed by atoms with Crippen molar-refractivity contribution in [3.63, 3.8) is 0 Å². The number of unbranched alkanes of at least 4 members (excludes halogenated alkanes) is 1. The smallest absolute Gasteiger partial charge is 0.425 e. The zero-order valence-corrected chi connectivity index (χ0v) is 45.3. The van der Waals surface area contributed by atoms with Crippen molar-refractivity contribution in [1.29, 1.82) is 0 Å². The van der Waals surface area contributed by atoms with Crippen molar-refractivity contribution < 1.29 is 44.2 Å². The highest BCUT2D eigenvalue weighted by atomic mass is 32.2. The largest absolute Gasteiger partial charge is 0.497 e. The molecule has 0 aliphatic rings. The number of fused-ring (bicyclic) bond motifs is 2. The first-order valence-corrected chi connectivity index (χ1v) is 26.9. The molecule has 2 N–H and O–H groups in total. The Kier molecular flexibility index (Phi) is 21.9. The van der Waals surface area contributed by atoms with Gasteiger partial charge in [0.15, 0.2) is 15.2 Å². The molecule has 0 unspecified atom stereocenters. The average Bonchev–Trinajstić information content (AvgIpc) is 3.99. The predicted molar refractivity (Wildman–Crippen MR) is 285 cm³/mol. The summed E-state index contributed by atoms with van der Waals surface area (Å²) in [7, 11) is 0.346. The van der Waals surface area contributed by atoms with Gasteiger partial charge in [0.05, 0.1) is 62.2 Å². The molecule has 0 amide bonds. The Labute approximate surface area is 437 Å². The van der Waals surface area contributed by atoms with E-state index in [1.54, 1.807) is 40.2 Å². The lowest BCUT2D eigenvalue weighted by molar-refractivity contribution is 0.414. The number of thioether (sulfide) groups is 1. The van der Waals surface area contributed by atoms with Gasteiger partial charge in [-0.05, 0) is 106 Å². The second-order valence-corrected chi connectivity index (χ2v) is 18.1. The molecule has 388 valence electrons. The number of hydrogen-bond acceptors (Lipinski definition) is 26. The first-order chi connectivity index (χ1) is 35.2. The fourth-order valence-electron chi connectivity index (χ4n) is 6.92. The van der Waals surface area contributed by atoms with Crippen molar-refractivity contribution in [2.75, 3.05) is 80.8 Å². The quantitative estimate of drug-likeness (QED) is 0.0362. The topological polar surface area (TPSA) is 284 Å². The van der Waals surface area contributed by atoms with Crippen molar-refractivity contribution in [3.05, 3.63) is 60.7 Å². The van der Waals surface area contributed by atoms with E-state index in [0.717, 1.165) is 78.0 Å². The van der Waals surface area contributed by atoms with Gasteiger partial charge < -0.3 is 39.4 Å². The Hall–Kier alpha value is -7.14. The number of hydrogen-bond donors (Lipinski definition) is 2. The van der Waals surface area contributed by atoms with Gasteiger partial charge in [-0.2, -0.15) is 23.7 Å². The fraction of sp³-hybridized carbons (Fsp3) is 0.356. The van der Waals surface area contributed by atoms with Crippen LogP contribution in [0.25, 0.3) is 21.8 Å². The molecule has 7 aromatic rings. The summed E-state index contributed by atoms with van der Waals surface area (Å²) in [5.41, 5.74) is 5.60. The van der Waals surface area contributed by atoms with Crippen LogP contribution < -0.4 is 39.4 Å². The van der Waals surface area contributed by atoms with Crippen LogP contribution in [0.2, 0.25) is 0 Å². The highest BCUT2D eigenvalue weighted by Gasteiger charge is 2.20. The highest BCUT2D eigenvalue weighted by molar-refractivity contribution is 7.99. The van der Waals surface area contributed by atoms with E-state index in [1.807, 2.05) is 60.7 Å². The molecule has 3 aromatic heterocycles. The van der Waals surface area contributed by atoms with E-state index in [2.05, 4.69) is 63.8 Å². The third-order valence-corrected chi connectivity index (χ3v) is 12.9. The molecule has 0 aliphatic heterocycles. The van der Waals surface area contributed by atoms with E-state index >= 15 is 0 Å². The Morgan fingerprint density at radius 1 is 0.562 bits per heavy atom. The molecule has 23 nitrogen and oxygen atoms in total. The molecule has 0 saturated heterocycles. The van der Waals surface area contributed by atoms with Crippen molar-refractivity contribution in [2.45, 2.75) is 52.6 Å². The van der Waals surface area contributed by atoms with Gasteiger partial charge in [-0.3, -0.25) is 0 Å². The summed E-state index contributed by atoms with van der Waals surface area (Å²) in [6.07, 6.45) is 2.02. The maximum Gasteiger partial charge on any atom is 0.425 e. The summed E-state index contributed by atoms with van der Waals surface area (Å²) >= 11 is 4.08. The monoisotopic (exact) mass is 1100 g/mol. The Bertz CT molecular complexity index is 3060. The second kappa shape index (κ2) is 28.2. The molecule has 73 heavy (non-hydrogen) atoms. The average molecular weight is 1100 g/mol.